The molecule has 0 heterocycles. The van der Waals surface area contributed by atoms with E-state index in [0.29, 0.717) is 5.69 Å². The average Bonchev–Trinajstić information content (AvgIpc) is 2.67. The number of anilines is 1. The third-order valence-corrected chi connectivity index (χ3v) is 3.53. The van der Waals surface area contributed by atoms with E-state index in [-0.39, 0.29) is 11.3 Å². The van der Waals surface area contributed by atoms with Gasteiger partial charge in [-0.3, -0.25) is 14.4 Å². The summed E-state index contributed by atoms with van der Waals surface area (Å²) in [5.41, 5.74) is 0.117. The molecule has 154 valence electrons. The number of para-hydroxylation sites is 1. The number of benzene rings is 2. The Morgan fingerprint density at radius 2 is 1.69 bits per heavy atom. The lowest BCUT2D eigenvalue weighted by atomic mass is 10.2. The predicted octanol–water partition coefficient (Wildman–Crippen LogP) is 2.73. The molecule has 7 nitrogen and oxygen atoms in total. The van der Waals surface area contributed by atoms with Crippen molar-refractivity contribution in [2.24, 2.45) is 0 Å². The van der Waals surface area contributed by atoms with Crippen molar-refractivity contribution in [1.29, 1.82) is 0 Å². The van der Waals surface area contributed by atoms with Crippen LogP contribution in [0, 0.1) is 5.82 Å². The fourth-order valence-electron chi connectivity index (χ4n) is 2.17. The van der Waals surface area contributed by atoms with Gasteiger partial charge in [-0.2, -0.15) is 8.78 Å². The summed E-state index contributed by atoms with van der Waals surface area (Å²) in [6.45, 7) is -2.41. The Labute approximate surface area is 163 Å². The zero-order chi connectivity index (χ0) is 21.4. The number of nitrogens with one attached hydrogen (secondary N) is 2. The molecule has 2 aromatic carbocycles. The van der Waals surface area contributed by atoms with Gasteiger partial charge >= 0.3 is 12.6 Å². The molecule has 0 aliphatic rings. The molecule has 2 N–H and O–H groups in total. The van der Waals surface area contributed by atoms with E-state index < -0.39 is 42.9 Å². The van der Waals surface area contributed by atoms with Gasteiger partial charge in [-0.15, -0.1) is 0 Å². The van der Waals surface area contributed by atoms with Crippen LogP contribution in [0.5, 0.6) is 5.75 Å². The van der Waals surface area contributed by atoms with Gasteiger partial charge in [0.1, 0.15) is 18.1 Å². The van der Waals surface area contributed by atoms with Crippen LogP contribution < -0.4 is 15.4 Å². The summed E-state index contributed by atoms with van der Waals surface area (Å²) >= 11 is 0. The number of halogens is 3. The van der Waals surface area contributed by atoms with Gasteiger partial charge in [-0.25, -0.2) is 4.39 Å². The van der Waals surface area contributed by atoms with Crippen molar-refractivity contribution in [2.75, 3.05) is 11.9 Å². The van der Waals surface area contributed by atoms with E-state index in [1.807, 2.05) is 0 Å². The van der Waals surface area contributed by atoms with E-state index in [9.17, 15) is 27.6 Å². The average molecular weight is 410 g/mol. The SMILES string of the molecule is C[C@H](OC(=O)CNC(=O)c1ccccc1OC(F)F)C(=O)Nc1ccc(F)cc1. The highest BCUT2D eigenvalue weighted by atomic mass is 19.3. The van der Waals surface area contributed by atoms with Crippen molar-refractivity contribution >= 4 is 23.5 Å². The third kappa shape index (κ3) is 6.83. The summed E-state index contributed by atoms with van der Waals surface area (Å²) in [5.74, 6) is -3.24. The monoisotopic (exact) mass is 410 g/mol. The largest absolute Gasteiger partial charge is 0.451 e. The standard InChI is InChI=1S/C19H17F3N2O5/c1-11(17(26)24-13-8-6-12(20)7-9-13)28-16(25)10-23-18(27)14-4-2-3-5-15(14)29-19(21)22/h2-9,11,19H,10H2,1H3,(H,23,27)(H,24,26)/t11-/m0/s1. The van der Waals surface area contributed by atoms with Crippen LogP contribution in [-0.2, 0) is 14.3 Å². The Balaban J connectivity index is 1.85. The van der Waals surface area contributed by atoms with Crippen LogP contribution in [0.4, 0.5) is 18.9 Å². The van der Waals surface area contributed by atoms with E-state index in [1.165, 1.54) is 43.3 Å². The maximum absolute atomic E-state index is 12.9. The zero-order valence-electron chi connectivity index (χ0n) is 15.2. The maximum Gasteiger partial charge on any atom is 0.387 e. The molecule has 1 atom stereocenters. The molecule has 0 aliphatic heterocycles. The van der Waals surface area contributed by atoms with E-state index in [2.05, 4.69) is 15.4 Å². The van der Waals surface area contributed by atoms with E-state index in [0.717, 1.165) is 12.1 Å². The van der Waals surface area contributed by atoms with Crippen molar-refractivity contribution < 1.29 is 37.0 Å². The second-order valence-corrected chi connectivity index (χ2v) is 5.69. The molecule has 0 aromatic heterocycles. The second kappa shape index (κ2) is 10.1. The van der Waals surface area contributed by atoms with Gasteiger partial charge in [0.05, 0.1) is 5.56 Å². The minimum atomic E-state index is -3.12. The van der Waals surface area contributed by atoms with Crippen molar-refractivity contribution in [2.45, 2.75) is 19.6 Å². The van der Waals surface area contributed by atoms with Crippen LogP contribution in [0.25, 0.3) is 0 Å². The summed E-state index contributed by atoms with van der Waals surface area (Å²) in [6.07, 6.45) is -1.20. The Morgan fingerprint density at radius 1 is 1.03 bits per heavy atom. The molecule has 2 aromatic rings. The lowest BCUT2D eigenvalue weighted by Crippen LogP contribution is -2.36. The number of carbonyl (C=O) groups is 3. The highest BCUT2D eigenvalue weighted by molar-refractivity contribution is 5.99. The summed E-state index contributed by atoms with van der Waals surface area (Å²) in [6, 6.07) is 10.2. The molecule has 10 heteroatoms. The van der Waals surface area contributed by atoms with Gasteiger partial charge in [0.15, 0.2) is 6.10 Å². The lowest BCUT2D eigenvalue weighted by Gasteiger charge is -2.14. The molecule has 29 heavy (non-hydrogen) atoms. The summed E-state index contributed by atoms with van der Waals surface area (Å²) < 4.78 is 46.8. The molecule has 0 saturated carbocycles. The Bertz CT molecular complexity index is 874. The van der Waals surface area contributed by atoms with E-state index in [4.69, 9.17) is 4.74 Å². The fraction of sp³-hybridized carbons (Fsp3) is 0.211. The summed E-state index contributed by atoms with van der Waals surface area (Å²) in [5, 5.41) is 4.63. The van der Waals surface area contributed by atoms with E-state index >= 15 is 0 Å². The number of hydrogen-bond acceptors (Lipinski definition) is 5. The molecular weight excluding hydrogens is 393 g/mol. The normalized spacial score (nSPS) is 11.5. The highest BCUT2D eigenvalue weighted by Crippen LogP contribution is 2.20. The highest BCUT2D eigenvalue weighted by Gasteiger charge is 2.20. The molecule has 2 rings (SSSR count). The van der Waals surface area contributed by atoms with Gasteiger partial charge in [-0.05, 0) is 43.3 Å². The molecule has 0 aliphatic carbocycles. The van der Waals surface area contributed by atoms with Crippen LogP contribution in [0.2, 0.25) is 0 Å². The molecular formula is C19H17F3N2O5. The topological polar surface area (TPSA) is 93.7 Å². The van der Waals surface area contributed by atoms with Crippen LogP contribution in [0.1, 0.15) is 17.3 Å². The molecule has 0 unspecified atom stereocenters. The second-order valence-electron chi connectivity index (χ2n) is 5.69. The van der Waals surface area contributed by atoms with Crippen LogP contribution in [0.15, 0.2) is 48.5 Å². The lowest BCUT2D eigenvalue weighted by molar-refractivity contribution is -0.152. The number of hydrogen-bond donors (Lipinski definition) is 2. The number of rotatable bonds is 8. The Morgan fingerprint density at radius 3 is 2.34 bits per heavy atom. The number of ether oxygens (including phenoxy) is 2. The molecule has 0 bridgehead atoms. The van der Waals surface area contributed by atoms with Crippen molar-refractivity contribution in [3.63, 3.8) is 0 Å². The fourth-order valence-corrected chi connectivity index (χ4v) is 2.17. The summed E-state index contributed by atoms with van der Waals surface area (Å²) in [4.78, 5) is 35.9. The maximum atomic E-state index is 12.9. The quantitative estimate of drug-likeness (QED) is 0.653. The van der Waals surface area contributed by atoms with Crippen molar-refractivity contribution in [1.82, 2.24) is 5.32 Å². The van der Waals surface area contributed by atoms with Crippen molar-refractivity contribution in [3.8, 4) is 5.75 Å². The van der Waals surface area contributed by atoms with Crippen molar-refractivity contribution in [3.05, 3.63) is 59.9 Å². The summed E-state index contributed by atoms with van der Waals surface area (Å²) in [7, 11) is 0. The predicted molar refractivity (Wildman–Crippen MR) is 96.0 cm³/mol. The van der Waals surface area contributed by atoms with Gasteiger partial charge in [0.25, 0.3) is 11.8 Å². The first-order valence-electron chi connectivity index (χ1n) is 8.34. The van der Waals surface area contributed by atoms with Crippen LogP contribution >= 0.6 is 0 Å². The minimum Gasteiger partial charge on any atom is -0.451 e. The zero-order valence-corrected chi connectivity index (χ0v) is 15.2. The number of carbonyl (C=O) groups excluding carboxylic acids is 3. The number of alkyl halides is 2. The molecule has 0 radical (unpaired) electrons. The minimum absolute atomic E-state index is 0.192. The first-order chi connectivity index (χ1) is 13.8. The van der Waals surface area contributed by atoms with Gasteiger partial charge < -0.3 is 20.1 Å². The molecule has 0 spiro atoms. The Kier molecular flexibility index (Phi) is 7.58. The number of esters is 1. The van der Waals surface area contributed by atoms with Crippen LogP contribution in [0.3, 0.4) is 0 Å². The number of amides is 2. The molecule has 0 saturated heterocycles. The Hall–Kier alpha value is -3.56. The first kappa shape index (κ1) is 21.7. The third-order valence-electron chi connectivity index (χ3n) is 3.53. The molecule has 0 fully saturated rings. The van der Waals surface area contributed by atoms with E-state index in [1.54, 1.807) is 0 Å². The van der Waals surface area contributed by atoms with Gasteiger partial charge in [0.2, 0.25) is 0 Å². The van der Waals surface area contributed by atoms with Gasteiger partial charge in [0, 0.05) is 5.69 Å². The van der Waals surface area contributed by atoms with Crippen LogP contribution in [-0.4, -0.2) is 37.0 Å². The smallest absolute Gasteiger partial charge is 0.387 e. The molecule has 2 amide bonds. The van der Waals surface area contributed by atoms with Gasteiger partial charge in [-0.1, -0.05) is 12.1 Å². The first-order valence-corrected chi connectivity index (χ1v) is 8.34.